The Morgan fingerprint density at radius 1 is 1.50 bits per heavy atom. The number of nitrogens with one attached hydrogen (secondary N) is 1. The Morgan fingerprint density at radius 3 is 3.06 bits per heavy atom. The van der Waals surface area contributed by atoms with Crippen LogP contribution in [0.5, 0.6) is 0 Å². The minimum Gasteiger partial charge on any atom is -0.388 e. The molecule has 0 aromatic heterocycles. The first-order chi connectivity index (χ1) is 8.62. The molecule has 100 valence electrons. The Bertz CT molecular complexity index is 395. The predicted molar refractivity (Wildman–Crippen MR) is 81.5 cm³/mol. The molecule has 1 aliphatic heterocycles. The summed E-state index contributed by atoms with van der Waals surface area (Å²) in [6.07, 6.45) is 3.16. The number of hydrogen-bond acceptors (Lipinski definition) is 4. The first kappa shape index (κ1) is 14.3. The van der Waals surface area contributed by atoms with E-state index in [1.54, 1.807) is 11.8 Å². The molecule has 2 nitrogen and oxygen atoms in total. The molecule has 1 aromatic carbocycles. The van der Waals surface area contributed by atoms with Crippen LogP contribution in [-0.2, 0) is 0 Å². The Labute approximate surface area is 118 Å². The third kappa shape index (κ3) is 3.67. The number of benzene rings is 1. The molecule has 0 saturated carbocycles. The van der Waals surface area contributed by atoms with E-state index in [1.807, 2.05) is 24.9 Å². The van der Waals surface area contributed by atoms with E-state index in [1.165, 1.54) is 10.5 Å². The minimum absolute atomic E-state index is 0.385. The molecule has 2 rings (SSSR count). The summed E-state index contributed by atoms with van der Waals surface area (Å²) >= 11 is 3.62. The highest BCUT2D eigenvalue weighted by Gasteiger charge is 2.24. The summed E-state index contributed by atoms with van der Waals surface area (Å²) in [6, 6.07) is 8.96. The van der Waals surface area contributed by atoms with Gasteiger partial charge < -0.3 is 10.4 Å². The molecule has 2 unspecified atom stereocenters. The maximum absolute atomic E-state index is 10.2. The standard InChI is InChI=1S/C14H21NOS2/c1-14(16,10-17-2)9-15-12-7-8-18-13-6-4-3-5-11(12)13/h3-6,12,15-16H,7-10H2,1-2H3. The van der Waals surface area contributed by atoms with E-state index in [4.69, 9.17) is 0 Å². The Morgan fingerprint density at radius 2 is 2.28 bits per heavy atom. The van der Waals surface area contributed by atoms with Gasteiger partial charge in [-0.05, 0) is 37.0 Å². The van der Waals surface area contributed by atoms with Gasteiger partial charge in [-0.25, -0.2) is 0 Å². The molecule has 1 aliphatic rings. The van der Waals surface area contributed by atoms with Crippen LogP contribution in [0.25, 0.3) is 0 Å². The molecule has 4 heteroatoms. The van der Waals surface area contributed by atoms with E-state index < -0.39 is 5.60 Å². The van der Waals surface area contributed by atoms with Gasteiger partial charge in [-0.15, -0.1) is 11.8 Å². The molecule has 0 fully saturated rings. The van der Waals surface area contributed by atoms with Crippen molar-refractivity contribution >= 4 is 23.5 Å². The zero-order chi connectivity index (χ0) is 13.0. The van der Waals surface area contributed by atoms with Crippen LogP contribution in [0.1, 0.15) is 24.9 Å². The Kier molecular flexibility index (Phi) is 5.01. The quantitative estimate of drug-likeness (QED) is 0.870. The number of fused-ring (bicyclic) bond motifs is 1. The van der Waals surface area contributed by atoms with Crippen LogP contribution in [0.15, 0.2) is 29.2 Å². The summed E-state index contributed by atoms with van der Waals surface area (Å²) in [6.45, 7) is 2.55. The van der Waals surface area contributed by atoms with E-state index >= 15 is 0 Å². The van der Waals surface area contributed by atoms with E-state index in [-0.39, 0.29) is 0 Å². The van der Waals surface area contributed by atoms with Crippen molar-refractivity contribution in [3.8, 4) is 0 Å². The molecule has 0 aliphatic carbocycles. The first-order valence-electron chi connectivity index (χ1n) is 6.29. The summed E-state index contributed by atoms with van der Waals surface area (Å²) in [4.78, 5) is 1.38. The topological polar surface area (TPSA) is 32.3 Å². The second-order valence-corrected chi connectivity index (χ2v) is 7.04. The highest BCUT2D eigenvalue weighted by Crippen LogP contribution is 2.35. The van der Waals surface area contributed by atoms with Gasteiger partial charge in [-0.1, -0.05) is 18.2 Å². The fourth-order valence-corrected chi connectivity index (χ4v) is 4.11. The van der Waals surface area contributed by atoms with Crippen molar-refractivity contribution in [2.24, 2.45) is 0 Å². The van der Waals surface area contributed by atoms with Gasteiger partial charge >= 0.3 is 0 Å². The first-order valence-corrected chi connectivity index (χ1v) is 8.67. The number of rotatable bonds is 5. The molecule has 2 N–H and O–H groups in total. The van der Waals surface area contributed by atoms with Crippen molar-refractivity contribution in [3.63, 3.8) is 0 Å². The third-order valence-electron chi connectivity index (χ3n) is 3.14. The van der Waals surface area contributed by atoms with Crippen LogP contribution in [0.3, 0.4) is 0 Å². The lowest BCUT2D eigenvalue weighted by molar-refractivity contribution is 0.0811. The van der Waals surface area contributed by atoms with Crippen molar-refractivity contribution < 1.29 is 5.11 Å². The predicted octanol–water partition coefficient (Wildman–Crippen LogP) is 2.93. The van der Waals surface area contributed by atoms with Crippen LogP contribution < -0.4 is 5.32 Å². The molecule has 0 bridgehead atoms. The molecule has 1 heterocycles. The molecule has 2 atom stereocenters. The average Bonchev–Trinajstić information content (AvgIpc) is 2.36. The second kappa shape index (κ2) is 6.33. The monoisotopic (exact) mass is 283 g/mol. The summed E-state index contributed by atoms with van der Waals surface area (Å²) in [5.74, 6) is 1.92. The van der Waals surface area contributed by atoms with Crippen molar-refractivity contribution in [2.75, 3.05) is 24.3 Å². The molecule has 0 amide bonds. The maximum atomic E-state index is 10.2. The van der Waals surface area contributed by atoms with Crippen molar-refractivity contribution in [3.05, 3.63) is 29.8 Å². The van der Waals surface area contributed by atoms with Crippen LogP contribution >= 0.6 is 23.5 Å². The lowest BCUT2D eigenvalue weighted by Crippen LogP contribution is -2.42. The lowest BCUT2D eigenvalue weighted by Gasteiger charge is -2.30. The summed E-state index contributed by atoms with van der Waals surface area (Å²) in [5, 5.41) is 13.7. The van der Waals surface area contributed by atoms with Gasteiger partial charge in [-0.2, -0.15) is 11.8 Å². The third-order valence-corrected chi connectivity index (χ3v) is 5.18. The molecule has 18 heavy (non-hydrogen) atoms. The lowest BCUT2D eigenvalue weighted by atomic mass is 10.0. The van der Waals surface area contributed by atoms with Gasteiger partial charge in [0.1, 0.15) is 0 Å². The molecule has 0 saturated heterocycles. The van der Waals surface area contributed by atoms with Crippen LogP contribution in [-0.4, -0.2) is 35.0 Å². The average molecular weight is 283 g/mol. The number of thioether (sulfide) groups is 2. The SMILES string of the molecule is CSCC(C)(O)CNC1CCSc2ccccc21. The largest absolute Gasteiger partial charge is 0.388 e. The molecule has 0 spiro atoms. The Balaban J connectivity index is 1.99. The normalized spacial score (nSPS) is 22.3. The fraction of sp³-hybridized carbons (Fsp3) is 0.571. The van der Waals surface area contributed by atoms with E-state index in [9.17, 15) is 5.11 Å². The second-order valence-electron chi connectivity index (χ2n) is 5.04. The van der Waals surface area contributed by atoms with Gasteiger partial charge in [0.2, 0.25) is 0 Å². The molecular weight excluding hydrogens is 262 g/mol. The van der Waals surface area contributed by atoms with Gasteiger partial charge in [-0.3, -0.25) is 0 Å². The van der Waals surface area contributed by atoms with Crippen LogP contribution in [0.2, 0.25) is 0 Å². The van der Waals surface area contributed by atoms with Crippen molar-refractivity contribution in [1.29, 1.82) is 0 Å². The number of hydrogen-bond donors (Lipinski definition) is 2. The van der Waals surface area contributed by atoms with Crippen LogP contribution in [0, 0.1) is 0 Å². The Hall–Kier alpha value is -0.160. The van der Waals surface area contributed by atoms with E-state index in [2.05, 4.69) is 29.6 Å². The van der Waals surface area contributed by atoms with Crippen molar-refractivity contribution in [1.82, 2.24) is 5.32 Å². The fourth-order valence-electron chi connectivity index (χ4n) is 2.26. The zero-order valence-electron chi connectivity index (χ0n) is 11.0. The minimum atomic E-state index is -0.626. The van der Waals surface area contributed by atoms with Crippen LogP contribution in [0.4, 0.5) is 0 Å². The van der Waals surface area contributed by atoms with E-state index in [0.717, 1.165) is 17.9 Å². The summed E-state index contributed by atoms with van der Waals surface area (Å²) < 4.78 is 0. The zero-order valence-corrected chi connectivity index (χ0v) is 12.6. The smallest absolute Gasteiger partial charge is 0.0833 e. The summed E-state index contributed by atoms with van der Waals surface area (Å²) in [7, 11) is 0. The van der Waals surface area contributed by atoms with Crippen molar-refractivity contribution in [2.45, 2.75) is 29.9 Å². The van der Waals surface area contributed by atoms with Gasteiger partial charge in [0.15, 0.2) is 0 Å². The molecule has 0 radical (unpaired) electrons. The molecular formula is C14H21NOS2. The van der Waals surface area contributed by atoms with E-state index in [0.29, 0.717) is 12.6 Å². The number of aliphatic hydroxyl groups is 1. The van der Waals surface area contributed by atoms with Gasteiger partial charge in [0.25, 0.3) is 0 Å². The highest BCUT2D eigenvalue weighted by atomic mass is 32.2. The maximum Gasteiger partial charge on any atom is 0.0833 e. The molecule has 1 aromatic rings. The van der Waals surface area contributed by atoms with Gasteiger partial charge in [0.05, 0.1) is 5.60 Å². The van der Waals surface area contributed by atoms with Gasteiger partial charge in [0, 0.05) is 23.2 Å². The highest BCUT2D eigenvalue weighted by molar-refractivity contribution is 7.99. The summed E-state index contributed by atoms with van der Waals surface area (Å²) in [5.41, 5.74) is 0.757.